The SMILES string of the molecule is O=C(CCNc1ccccc1[N+](=O)[O-])Nc1ccc2c(c1)OCCO2. The molecule has 0 saturated carbocycles. The number of ether oxygens (including phenoxy) is 2. The van der Waals surface area contributed by atoms with Crippen molar-refractivity contribution in [1.82, 2.24) is 0 Å². The highest BCUT2D eigenvalue weighted by Crippen LogP contribution is 2.32. The second-order valence-electron chi connectivity index (χ2n) is 5.36. The summed E-state index contributed by atoms with van der Waals surface area (Å²) in [5.41, 5.74) is 0.981. The van der Waals surface area contributed by atoms with Crippen molar-refractivity contribution in [3.8, 4) is 11.5 Å². The van der Waals surface area contributed by atoms with Gasteiger partial charge in [0.25, 0.3) is 5.69 Å². The molecular formula is C17H17N3O5. The second kappa shape index (κ2) is 7.52. The number of nitro benzene ring substituents is 1. The zero-order valence-corrected chi connectivity index (χ0v) is 13.4. The zero-order chi connectivity index (χ0) is 17.6. The van der Waals surface area contributed by atoms with Crippen LogP contribution in [0.15, 0.2) is 42.5 Å². The number of anilines is 2. The lowest BCUT2D eigenvalue weighted by molar-refractivity contribution is -0.384. The number of hydrogen-bond donors (Lipinski definition) is 2. The Kier molecular flexibility index (Phi) is 4.98. The minimum absolute atomic E-state index is 0.0188. The van der Waals surface area contributed by atoms with Gasteiger partial charge in [-0.05, 0) is 18.2 Å². The van der Waals surface area contributed by atoms with Crippen LogP contribution in [0.3, 0.4) is 0 Å². The number of nitro groups is 1. The van der Waals surface area contributed by atoms with E-state index in [2.05, 4.69) is 10.6 Å². The molecule has 0 unspecified atom stereocenters. The van der Waals surface area contributed by atoms with Crippen LogP contribution < -0.4 is 20.1 Å². The molecule has 0 aromatic heterocycles. The molecule has 1 aliphatic rings. The van der Waals surface area contributed by atoms with Crippen molar-refractivity contribution in [2.24, 2.45) is 0 Å². The standard InChI is InChI=1S/C17H17N3O5/c21-17(7-8-18-13-3-1-2-4-14(13)20(22)23)19-12-5-6-15-16(11-12)25-10-9-24-15/h1-6,11,18H,7-10H2,(H,19,21). The van der Waals surface area contributed by atoms with E-state index in [-0.39, 0.29) is 24.6 Å². The predicted octanol–water partition coefficient (Wildman–Crippen LogP) is 2.81. The Hall–Kier alpha value is -3.29. The van der Waals surface area contributed by atoms with Crippen molar-refractivity contribution >= 4 is 23.0 Å². The monoisotopic (exact) mass is 343 g/mol. The minimum atomic E-state index is -0.461. The Labute approximate surface area is 143 Å². The summed E-state index contributed by atoms with van der Waals surface area (Å²) in [5, 5.41) is 16.6. The summed E-state index contributed by atoms with van der Waals surface area (Å²) in [7, 11) is 0. The Balaban J connectivity index is 1.53. The van der Waals surface area contributed by atoms with Crippen molar-refractivity contribution < 1.29 is 19.2 Å². The van der Waals surface area contributed by atoms with Crippen LogP contribution in [-0.2, 0) is 4.79 Å². The van der Waals surface area contributed by atoms with Gasteiger partial charge in [0.1, 0.15) is 18.9 Å². The molecule has 0 saturated heterocycles. The first-order valence-corrected chi connectivity index (χ1v) is 7.80. The highest BCUT2D eigenvalue weighted by atomic mass is 16.6. The van der Waals surface area contributed by atoms with Gasteiger partial charge in [-0.25, -0.2) is 0 Å². The number of carbonyl (C=O) groups excluding carboxylic acids is 1. The van der Waals surface area contributed by atoms with Crippen LogP contribution in [0.4, 0.5) is 17.1 Å². The van der Waals surface area contributed by atoms with E-state index in [0.717, 1.165) is 0 Å². The highest BCUT2D eigenvalue weighted by Gasteiger charge is 2.14. The molecule has 0 aliphatic carbocycles. The van der Waals surface area contributed by atoms with E-state index in [0.29, 0.717) is 36.1 Å². The molecule has 2 aromatic rings. The number of nitrogens with zero attached hydrogens (tertiary/aromatic N) is 1. The maximum atomic E-state index is 12.0. The third-order valence-electron chi connectivity index (χ3n) is 3.59. The lowest BCUT2D eigenvalue weighted by Crippen LogP contribution is -2.18. The van der Waals surface area contributed by atoms with Crippen LogP contribution >= 0.6 is 0 Å². The first kappa shape index (κ1) is 16.6. The first-order chi connectivity index (χ1) is 12.1. The van der Waals surface area contributed by atoms with Gasteiger partial charge < -0.3 is 20.1 Å². The number of nitrogens with one attached hydrogen (secondary N) is 2. The molecule has 2 aromatic carbocycles. The topological polar surface area (TPSA) is 103 Å². The summed E-state index contributed by atoms with van der Waals surface area (Å²) >= 11 is 0. The lowest BCUT2D eigenvalue weighted by atomic mass is 10.2. The second-order valence-corrected chi connectivity index (χ2v) is 5.36. The van der Waals surface area contributed by atoms with Crippen LogP contribution in [0.25, 0.3) is 0 Å². The molecule has 25 heavy (non-hydrogen) atoms. The Bertz CT molecular complexity index is 794. The van der Waals surface area contributed by atoms with Crippen LogP contribution in [-0.4, -0.2) is 30.6 Å². The molecule has 1 amide bonds. The molecule has 0 radical (unpaired) electrons. The molecule has 1 heterocycles. The van der Waals surface area contributed by atoms with E-state index in [1.807, 2.05) is 0 Å². The fourth-order valence-corrected chi connectivity index (χ4v) is 2.44. The molecule has 8 heteroatoms. The van der Waals surface area contributed by atoms with Crippen LogP contribution in [0.2, 0.25) is 0 Å². The van der Waals surface area contributed by atoms with Gasteiger partial charge in [-0.1, -0.05) is 12.1 Å². The third kappa shape index (κ3) is 4.17. The van der Waals surface area contributed by atoms with Gasteiger partial charge in [-0.15, -0.1) is 0 Å². The van der Waals surface area contributed by atoms with Crippen LogP contribution in [0.5, 0.6) is 11.5 Å². The highest BCUT2D eigenvalue weighted by molar-refractivity contribution is 5.91. The summed E-state index contributed by atoms with van der Waals surface area (Å²) in [6.45, 7) is 1.27. The number of rotatable bonds is 6. The quantitative estimate of drug-likeness (QED) is 0.617. The summed E-state index contributed by atoms with van der Waals surface area (Å²) in [5.74, 6) is 1.05. The number of para-hydroxylation sites is 2. The number of benzene rings is 2. The number of fused-ring (bicyclic) bond motifs is 1. The number of carbonyl (C=O) groups is 1. The lowest BCUT2D eigenvalue weighted by Gasteiger charge is -2.19. The maximum absolute atomic E-state index is 12.0. The molecule has 0 fully saturated rings. The molecule has 2 N–H and O–H groups in total. The van der Waals surface area contributed by atoms with Crippen molar-refractivity contribution in [2.75, 3.05) is 30.4 Å². The summed E-state index contributed by atoms with van der Waals surface area (Å²) in [6, 6.07) is 11.5. The van der Waals surface area contributed by atoms with Gasteiger partial charge in [0, 0.05) is 30.8 Å². The van der Waals surface area contributed by atoms with Gasteiger partial charge in [0.15, 0.2) is 11.5 Å². The summed E-state index contributed by atoms with van der Waals surface area (Å²) in [4.78, 5) is 22.5. The van der Waals surface area contributed by atoms with E-state index < -0.39 is 4.92 Å². The van der Waals surface area contributed by atoms with Gasteiger partial charge in [0.2, 0.25) is 5.91 Å². The van der Waals surface area contributed by atoms with Crippen molar-refractivity contribution in [3.05, 3.63) is 52.6 Å². The largest absolute Gasteiger partial charge is 0.486 e. The Morgan fingerprint density at radius 1 is 1.12 bits per heavy atom. The molecule has 1 aliphatic heterocycles. The average Bonchev–Trinajstić information content (AvgIpc) is 2.62. The van der Waals surface area contributed by atoms with E-state index in [9.17, 15) is 14.9 Å². The molecule has 130 valence electrons. The maximum Gasteiger partial charge on any atom is 0.292 e. The van der Waals surface area contributed by atoms with Crippen LogP contribution in [0, 0.1) is 10.1 Å². The van der Waals surface area contributed by atoms with Crippen molar-refractivity contribution in [3.63, 3.8) is 0 Å². The van der Waals surface area contributed by atoms with Gasteiger partial charge in [-0.2, -0.15) is 0 Å². The van der Waals surface area contributed by atoms with Gasteiger partial charge in [0.05, 0.1) is 4.92 Å². The fourth-order valence-electron chi connectivity index (χ4n) is 2.44. The molecule has 0 atom stereocenters. The van der Waals surface area contributed by atoms with Crippen molar-refractivity contribution in [2.45, 2.75) is 6.42 Å². The van der Waals surface area contributed by atoms with E-state index in [1.54, 1.807) is 36.4 Å². The van der Waals surface area contributed by atoms with E-state index >= 15 is 0 Å². The van der Waals surface area contributed by atoms with Gasteiger partial charge in [-0.3, -0.25) is 14.9 Å². The average molecular weight is 343 g/mol. The molecule has 3 rings (SSSR count). The normalized spacial score (nSPS) is 12.3. The molecule has 8 nitrogen and oxygen atoms in total. The summed E-state index contributed by atoms with van der Waals surface area (Å²) < 4.78 is 10.9. The molecular weight excluding hydrogens is 326 g/mol. The number of hydrogen-bond acceptors (Lipinski definition) is 6. The zero-order valence-electron chi connectivity index (χ0n) is 13.4. The predicted molar refractivity (Wildman–Crippen MR) is 92.3 cm³/mol. The first-order valence-electron chi connectivity index (χ1n) is 7.80. The summed E-state index contributed by atoms with van der Waals surface area (Å²) in [6.07, 6.45) is 0.167. The van der Waals surface area contributed by atoms with E-state index in [4.69, 9.17) is 9.47 Å². The van der Waals surface area contributed by atoms with Crippen LogP contribution in [0.1, 0.15) is 6.42 Å². The molecule has 0 bridgehead atoms. The number of amides is 1. The Morgan fingerprint density at radius 2 is 1.88 bits per heavy atom. The fraction of sp³-hybridized carbons (Fsp3) is 0.235. The smallest absolute Gasteiger partial charge is 0.292 e. The van der Waals surface area contributed by atoms with E-state index in [1.165, 1.54) is 6.07 Å². The minimum Gasteiger partial charge on any atom is -0.486 e. The molecule has 0 spiro atoms. The van der Waals surface area contributed by atoms with Gasteiger partial charge >= 0.3 is 0 Å². The third-order valence-corrected chi connectivity index (χ3v) is 3.59. The Morgan fingerprint density at radius 3 is 2.68 bits per heavy atom. The van der Waals surface area contributed by atoms with Crippen molar-refractivity contribution in [1.29, 1.82) is 0 Å².